The van der Waals surface area contributed by atoms with E-state index in [0.717, 1.165) is 66.3 Å². The SMILES string of the molecule is COc1ccc(CN2[C@H]3CC[C@H]2Cc2c(nc4cc(C)[nH]n4c2=O)C3)cc1OC(C)C. The monoisotopic (exact) mass is 422 g/mol. The van der Waals surface area contributed by atoms with Crippen molar-refractivity contribution in [1.29, 1.82) is 0 Å². The zero-order chi connectivity index (χ0) is 21.7. The van der Waals surface area contributed by atoms with Gasteiger partial charge in [-0.15, -0.1) is 0 Å². The Hall–Kier alpha value is -2.80. The van der Waals surface area contributed by atoms with E-state index in [1.54, 1.807) is 11.6 Å². The van der Waals surface area contributed by atoms with Crippen molar-refractivity contribution in [2.75, 3.05) is 7.11 Å². The number of aromatic nitrogens is 3. The maximum absolute atomic E-state index is 13.1. The molecule has 2 aliphatic rings. The van der Waals surface area contributed by atoms with Crippen LogP contribution in [0.1, 0.15) is 49.2 Å². The van der Waals surface area contributed by atoms with Crippen LogP contribution in [0.3, 0.4) is 0 Å². The molecule has 1 aromatic carbocycles. The molecule has 0 spiro atoms. The minimum absolute atomic E-state index is 0.0534. The number of hydrogen-bond donors (Lipinski definition) is 1. The van der Waals surface area contributed by atoms with Crippen LogP contribution in [0.25, 0.3) is 5.65 Å². The van der Waals surface area contributed by atoms with Gasteiger partial charge in [-0.2, -0.15) is 0 Å². The van der Waals surface area contributed by atoms with Gasteiger partial charge in [0.15, 0.2) is 17.1 Å². The zero-order valence-corrected chi connectivity index (χ0v) is 18.6. The third-order valence-corrected chi connectivity index (χ3v) is 6.52. The Morgan fingerprint density at radius 1 is 1.16 bits per heavy atom. The number of fused-ring (bicyclic) bond motifs is 4. The summed E-state index contributed by atoms with van der Waals surface area (Å²) in [5, 5.41) is 3.13. The number of rotatable bonds is 5. The minimum Gasteiger partial charge on any atom is -0.493 e. The fourth-order valence-corrected chi connectivity index (χ4v) is 5.15. The van der Waals surface area contributed by atoms with Crippen molar-refractivity contribution in [3.05, 3.63) is 57.1 Å². The Bertz CT molecular complexity index is 1180. The number of benzene rings is 1. The highest BCUT2D eigenvalue weighted by Crippen LogP contribution is 2.36. The molecule has 7 nitrogen and oxygen atoms in total. The molecule has 2 bridgehead atoms. The molecule has 2 aromatic heterocycles. The first kappa shape index (κ1) is 20.1. The van der Waals surface area contributed by atoms with E-state index in [9.17, 15) is 4.79 Å². The number of methoxy groups -OCH3 is 1. The molecule has 164 valence electrons. The summed E-state index contributed by atoms with van der Waals surface area (Å²) >= 11 is 0. The third kappa shape index (κ3) is 3.61. The van der Waals surface area contributed by atoms with Crippen LogP contribution in [0.4, 0.5) is 0 Å². The topological polar surface area (TPSA) is 71.9 Å². The molecule has 1 saturated heterocycles. The first-order valence-corrected chi connectivity index (χ1v) is 11.1. The number of aryl methyl sites for hydroxylation is 1. The number of nitrogens with zero attached hydrogens (tertiary/aromatic N) is 3. The number of aromatic amines is 1. The summed E-state index contributed by atoms with van der Waals surface area (Å²) < 4.78 is 13.0. The predicted octanol–water partition coefficient (Wildman–Crippen LogP) is 3.26. The van der Waals surface area contributed by atoms with Crippen LogP contribution in [0, 0.1) is 6.92 Å². The van der Waals surface area contributed by atoms with Crippen LogP contribution >= 0.6 is 0 Å². The van der Waals surface area contributed by atoms with Gasteiger partial charge in [-0.25, -0.2) is 9.50 Å². The van der Waals surface area contributed by atoms with Gasteiger partial charge < -0.3 is 9.47 Å². The van der Waals surface area contributed by atoms with Crippen LogP contribution in [-0.4, -0.2) is 44.8 Å². The van der Waals surface area contributed by atoms with E-state index in [1.165, 1.54) is 5.56 Å². The lowest BCUT2D eigenvalue weighted by Gasteiger charge is -2.28. The molecular weight excluding hydrogens is 392 g/mol. The molecule has 31 heavy (non-hydrogen) atoms. The average molecular weight is 423 g/mol. The Morgan fingerprint density at radius 3 is 2.68 bits per heavy atom. The van der Waals surface area contributed by atoms with Crippen molar-refractivity contribution in [1.82, 2.24) is 19.5 Å². The molecule has 1 fully saturated rings. The Kier molecular flexibility index (Phi) is 5.01. The minimum atomic E-state index is 0.0534. The Balaban J connectivity index is 1.45. The average Bonchev–Trinajstić information content (AvgIpc) is 3.22. The van der Waals surface area contributed by atoms with Gasteiger partial charge in [0.1, 0.15) is 0 Å². The van der Waals surface area contributed by atoms with Crippen molar-refractivity contribution in [2.24, 2.45) is 0 Å². The van der Waals surface area contributed by atoms with Gasteiger partial charge >= 0.3 is 0 Å². The van der Waals surface area contributed by atoms with Crippen LogP contribution in [0.15, 0.2) is 29.1 Å². The van der Waals surface area contributed by atoms with Crippen LogP contribution in [0.5, 0.6) is 11.5 Å². The maximum atomic E-state index is 13.1. The van der Waals surface area contributed by atoms with Crippen molar-refractivity contribution < 1.29 is 9.47 Å². The lowest BCUT2D eigenvalue weighted by molar-refractivity contribution is 0.186. The molecule has 1 N–H and O–H groups in total. The molecule has 0 aliphatic carbocycles. The van der Waals surface area contributed by atoms with Gasteiger partial charge in [0.25, 0.3) is 5.56 Å². The predicted molar refractivity (Wildman–Crippen MR) is 119 cm³/mol. The molecule has 3 aromatic rings. The van der Waals surface area contributed by atoms with E-state index in [1.807, 2.05) is 32.9 Å². The normalized spacial score (nSPS) is 20.8. The highest BCUT2D eigenvalue weighted by Gasteiger charge is 2.38. The van der Waals surface area contributed by atoms with E-state index in [0.29, 0.717) is 12.1 Å². The van der Waals surface area contributed by atoms with Crippen molar-refractivity contribution in [2.45, 2.75) is 71.2 Å². The molecule has 0 saturated carbocycles. The van der Waals surface area contributed by atoms with E-state index in [2.05, 4.69) is 22.1 Å². The highest BCUT2D eigenvalue weighted by atomic mass is 16.5. The Labute approximate surface area is 182 Å². The molecule has 0 amide bonds. The third-order valence-electron chi connectivity index (χ3n) is 6.52. The van der Waals surface area contributed by atoms with Gasteiger partial charge in [-0.1, -0.05) is 6.07 Å². The second-order valence-electron chi connectivity index (χ2n) is 9.09. The van der Waals surface area contributed by atoms with Crippen molar-refractivity contribution in [3.8, 4) is 11.5 Å². The van der Waals surface area contributed by atoms with Crippen molar-refractivity contribution in [3.63, 3.8) is 0 Å². The summed E-state index contributed by atoms with van der Waals surface area (Å²) in [6.45, 7) is 6.83. The van der Waals surface area contributed by atoms with Crippen LogP contribution < -0.4 is 15.0 Å². The molecule has 0 unspecified atom stereocenters. The fraction of sp³-hybridized carbons (Fsp3) is 0.500. The number of hydrogen-bond acceptors (Lipinski definition) is 5. The van der Waals surface area contributed by atoms with E-state index >= 15 is 0 Å². The lowest BCUT2D eigenvalue weighted by Crippen LogP contribution is -2.36. The quantitative estimate of drug-likeness (QED) is 0.683. The Morgan fingerprint density at radius 2 is 1.94 bits per heavy atom. The molecule has 7 heteroatoms. The highest BCUT2D eigenvalue weighted by molar-refractivity contribution is 5.44. The van der Waals surface area contributed by atoms with E-state index in [-0.39, 0.29) is 11.7 Å². The summed E-state index contributed by atoms with van der Waals surface area (Å²) in [5.74, 6) is 1.54. The first-order valence-electron chi connectivity index (χ1n) is 11.1. The van der Waals surface area contributed by atoms with Gasteiger partial charge in [0.05, 0.1) is 18.9 Å². The number of ether oxygens (including phenoxy) is 2. The molecule has 0 radical (unpaired) electrons. The lowest BCUT2D eigenvalue weighted by atomic mass is 9.98. The molecular formula is C24H30N4O3. The van der Waals surface area contributed by atoms with Crippen LogP contribution in [-0.2, 0) is 19.4 Å². The van der Waals surface area contributed by atoms with Gasteiger partial charge in [-0.3, -0.25) is 14.8 Å². The summed E-state index contributed by atoms with van der Waals surface area (Å²) in [6, 6.07) is 8.89. The first-order chi connectivity index (χ1) is 14.9. The fourth-order valence-electron chi connectivity index (χ4n) is 5.15. The summed E-state index contributed by atoms with van der Waals surface area (Å²) in [4.78, 5) is 20.6. The van der Waals surface area contributed by atoms with Gasteiger partial charge in [-0.05, 0) is 57.7 Å². The summed E-state index contributed by atoms with van der Waals surface area (Å²) in [6.07, 6.45) is 3.92. The summed E-state index contributed by atoms with van der Waals surface area (Å²) in [5.41, 5.74) is 4.77. The van der Waals surface area contributed by atoms with E-state index < -0.39 is 0 Å². The summed E-state index contributed by atoms with van der Waals surface area (Å²) in [7, 11) is 1.67. The van der Waals surface area contributed by atoms with Gasteiger partial charge in [0, 0.05) is 42.4 Å². The van der Waals surface area contributed by atoms with Crippen molar-refractivity contribution >= 4 is 5.65 Å². The molecule has 5 rings (SSSR count). The molecule has 2 atom stereocenters. The maximum Gasteiger partial charge on any atom is 0.276 e. The second-order valence-corrected chi connectivity index (χ2v) is 9.09. The number of H-pyrrole nitrogens is 1. The van der Waals surface area contributed by atoms with E-state index in [4.69, 9.17) is 14.5 Å². The molecule has 2 aliphatic heterocycles. The van der Waals surface area contributed by atoms with Crippen LogP contribution in [0.2, 0.25) is 0 Å². The van der Waals surface area contributed by atoms with Gasteiger partial charge in [0.2, 0.25) is 0 Å². The second kappa shape index (κ2) is 7.71. The smallest absolute Gasteiger partial charge is 0.276 e. The standard InChI is InChI=1S/C24H30N4O3/c1-14(2)31-22-10-16(5-8-21(22)30-4)13-27-17-6-7-18(27)12-20-19(11-17)24(29)28-23(25-20)9-15(3)26-28/h5,8-10,14,17-18,26H,6-7,11-13H2,1-4H3/t17-,18-/m0/s1. The number of nitrogens with one attached hydrogen (secondary N) is 1. The zero-order valence-electron chi connectivity index (χ0n) is 18.6. The largest absolute Gasteiger partial charge is 0.493 e. The molecule has 4 heterocycles.